The average Bonchev–Trinajstić information content (AvgIpc) is 2.73. The summed E-state index contributed by atoms with van der Waals surface area (Å²) < 4.78 is 22.6. The zero-order valence-electron chi connectivity index (χ0n) is 17.3. The van der Waals surface area contributed by atoms with Gasteiger partial charge in [0, 0.05) is 20.1 Å². The van der Waals surface area contributed by atoms with Crippen molar-refractivity contribution in [3.63, 3.8) is 0 Å². The second-order valence-corrected chi connectivity index (χ2v) is 6.94. The first-order chi connectivity index (χ1) is 14.1. The molecular formula is C23H29NO5. The molecule has 3 rings (SSSR count). The molecule has 2 aromatic carbocycles. The van der Waals surface area contributed by atoms with Crippen LogP contribution < -0.4 is 14.4 Å². The van der Waals surface area contributed by atoms with E-state index in [2.05, 4.69) is 18.0 Å². The fourth-order valence-corrected chi connectivity index (χ4v) is 3.35. The van der Waals surface area contributed by atoms with Crippen LogP contribution in [-0.2, 0) is 20.7 Å². The summed E-state index contributed by atoms with van der Waals surface area (Å²) >= 11 is 0. The Balaban J connectivity index is 1.53. The lowest BCUT2D eigenvalue weighted by Crippen LogP contribution is -2.41. The highest BCUT2D eigenvalue weighted by Crippen LogP contribution is 2.32. The number of hydrogen-bond donors (Lipinski definition) is 0. The van der Waals surface area contributed by atoms with Crippen LogP contribution in [0.25, 0.3) is 0 Å². The van der Waals surface area contributed by atoms with Crippen LogP contribution in [-0.4, -0.2) is 51.6 Å². The van der Waals surface area contributed by atoms with Gasteiger partial charge in [0.15, 0.2) is 6.10 Å². The van der Waals surface area contributed by atoms with E-state index in [9.17, 15) is 4.79 Å². The maximum absolute atomic E-state index is 12.0. The third kappa shape index (κ3) is 5.64. The summed E-state index contributed by atoms with van der Waals surface area (Å²) in [5.41, 5.74) is 2.09. The summed E-state index contributed by atoms with van der Waals surface area (Å²) in [6.45, 7) is 5.70. The minimum absolute atomic E-state index is 0.0410. The molecule has 0 aliphatic carbocycles. The monoisotopic (exact) mass is 399 g/mol. The van der Waals surface area contributed by atoms with E-state index in [1.165, 1.54) is 0 Å². The molecule has 156 valence electrons. The quantitative estimate of drug-likeness (QED) is 0.602. The molecule has 2 atom stereocenters. The molecule has 0 spiro atoms. The number of para-hydroxylation sites is 2. The number of likely N-dealkylation sites (N-methyl/N-ethyl adjacent to an activating group) is 1. The molecule has 0 N–H and O–H groups in total. The van der Waals surface area contributed by atoms with Crippen LogP contribution in [0.2, 0.25) is 0 Å². The van der Waals surface area contributed by atoms with Gasteiger partial charge in [-0.2, -0.15) is 0 Å². The summed E-state index contributed by atoms with van der Waals surface area (Å²) in [6, 6.07) is 15.7. The van der Waals surface area contributed by atoms with Crippen molar-refractivity contribution < 1.29 is 23.7 Å². The third-order valence-electron chi connectivity index (χ3n) is 4.75. The standard InChI is InChI=1S/C23H29NO5/c1-4-26-22(23(25)27-5-2)14-17-10-12-18(13-11-17)28-16-19-15-24(3)20-8-6-7-9-21(20)29-19/h6-13,19,22H,4-5,14-16H2,1-3H3. The number of carbonyl (C=O) groups is 1. The second-order valence-electron chi connectivity index (χ2n) is 6.94. The Morgan fingerprint density at radius 3 is 2.62 bits per heavy atom. The number of rotatable bonds is 9. The van der Waals surface area contributed by atoms with Gasteiger partial charge in [-0.05, 0) is 43.7 Å². The van der Waals surface area contributed by atoms with Crippen LogP contribution in [0, 0.1) is 0 Å². The molecule has 0 saturated carbocycles. The molecule has 29 heavy (non-hydrogen) atoms. The minimum atomic E-state index is -0.585. The van der Waals surface area contributed by atoms with Crippen LogP contribution in [0.3, 0.4) is 0 Å². The number of fused-ring (bicyclic) bond motifs is 1. The number of carbonyl (C=O) groups excluding carboxylic acids is 1. The molecule has 0 fully saturated rings. The lowest BCUT2D eigenvalue weighted by atomic mass is 10.1. The highest BCUT2D eigenvalue weighted by Gasteiger charge is 2.24. The van der Waals surface area contributed by atoms with Gasteiger partial charge in [-0.25, -0.2) is 4.79 Å². The van der Waals surface area contributed by atoms with Gasteiger partial charge in [0.1, 0.15) is 24.2 Å². The van der Waals surface area contributed by atoms with Gasteiger partial charge in [-0.15, -0.1) is 0 Å². The second kappa shape index (κ2) is 10.2. The van der Waals surface area contributed by atoms with Gasteiger partial charge in [0.25, 0.3) is 0 Å². The van der Waals surface area contributed by atoms with E-state index in [1.807, 2.05) is 49.4 Å². The van der Waals surface area contributed by atoms with E-state index in [4.69, 9.17) is 18.9 Å². The number of ether oxygens (including phenoxy) is 4. The minimum Gasteiger partial charge on any atom is -0.490 e. The van der Waals surface area contributed by atoms with E-state index in [0.29, 0.717) is 26.2 Å². The van der Waals surface area contributed by atoms with Crippen molar-refractivity contribution in [2.75, 3.05) is 38.3 Å². The van der Waals surface area contributed by atoms with Crippen molar-refractivity contribution >= 4 is 11.7 Å². The SMILES string of the molecule is CCOC(=O)C(Cc1ccc(OCC2CN(C)c3ccccc3O2)cc1)OCC. The molecule has 0 aromatic heterocycles. The molecular weight excluding hydrogens is 370 g/mol. The Morgan fingerprint density at radius 2 is 1.90 bits per heavy atom. The van der Waals surface area contributed by atoms with Gasteiger partial charge >= 0.3 is 5.97 Å². The predicted molar refractivity (Wildman–Crippen MR) is 112 cm³/mol. The number of esters is 1. The van der Waals surface area contributed by atoms with Gasteiger partial charge in [-0.3, -0.25) is 0 Å². The number of anilines is 1. The van der Waals surface area contributed by atoms with Crippen molar-refractivity contribution in [3.8, 4) is 11.5 Å². The fourth-order valence-electron chi connectivity index (χ4n) is 3.35. The first-order valence-corrected chi connectivity index (χ1v) is 10.1. The Hall–Kier alpha value is -2.73. The van der Waals surface area contributed by atoms with Crippen LogP contribution in [0.1, 0.15) is 19.4 Å². The van der Waals surface area contributed by atoms with E-state index >= 15 is 0 Å². The van der Waals surface area contributed by atoms with Crippen LogP contribution in [0.15, 0.2) is 48.5 Å². The summed E-state index contributed by atoms with van der Waals surface area (Å²) in [5, 5.41) is 0. The third-order valence-corrected chi connectivity index (χ3v) is 4.75. The molecule has 2 aromatic rings. The summed E-state index contributed by atoms with van der Waals surface area (Å²) in [4.78, 5) is 14.2. The van der Waals surface area contributed by atoms with Crippen LogP contribution in [0.5, 0.6) is 11.5 Å². The lowest BCUT2D eigenvalue weighted by molar-refractivity contribution is -0.156. The van der Waals surface area contributed by atoms with Crippen molar-refractivity contribution in [2.45, 2.75) is 32.5 Å². The van der Waals surface area contributed by atoms with Crippen molar-refractivity contribution in [1.82, 2.24) is 0 Å². The maximum atomic E-state index is 12.0. The van der Waals surface area contributed by atoms with E-state index in [-0.39, 0.29) is 12.1 Å². The van der Waals surface area contributed by atoms with Crippen LogP contribution in [0.4, 0.5) is 5.69 Å². The van der Waals surface area contributed by atoms with Gasteiger partial charge in [0.2, 0.25) is 0 Å². The molecule has 0 amide bonds. The van der Waals surface area contributed by atoms with E-state index in [1.54, 1.807) is 6.92 Å². The number of nitrogens with zero attached hydrogens (tertiary/aromatic N) is 1. The molecule has 1 aliphatic heterocycles. The van der Waals surface area contributed by atoms with Gasteiger partial charge < -0.3 is 23.8 Å². The Bertz CT molecular complexity index is 792. The molecule has 2 unspecified atom stereocenters. The molecule has 6 heteroatoms. The van der Waals surface area contributed by atoms with Crippen molar-refractivity contribution in [1.29, 1.82) is 0 Å². The molecule has 0 radical (unpaired) electrons. The first kappa shape index (κ1) is 21.0. The zero-order valence-corrected chi connectivity index (χ0v) is 17.3. The molecule has 0 saturated heterocycles. The Kier molecular flexibility index (Phi) is 7.36. The topological polar surface area (TPSA) is 57.2 Å². The number of hydrogen-bond acceptors (Lipinski definition) is 6. The zero-order chi connectivity index (χ0) is 20.6. The van der Waals surface area contributed by atoms with Crippen molar-refractivity contribution in [2.24, 2.45) is 0 Å². The lowest BCUT2D eigenvalue weighted by Gasteiger charge is -2.33. The highest BCUT2D eigenvalue weighted by atomic mass is 16.6. The average molecular weight is 399 g/mol. The Morgan fingerprint density at radius 1 is 1.14 bits per heavy atom. The summed E-state index contributed by atoms with van der Waals surface area (Å²) in [6.07, 6.45) is -0.154. The predicted octanol–water partition coefficient (Wildman–Crippen LogP) is 3.47. The van der Waals surface area contributed by atoms with Crippen LogP contribution >= 0.6 is 0 Å². The smallest absolute Gasteiger partial charge is 0.335 e. The number of benzene rings is 2. The summed E-state index contributed by atoms with van der Waals surface area (Å²) in [7, 11) is 2.06. The fraction of sp³-hybridized carbons (Fsp3) is 0.435. The molecule has 6 nitrogen and oxygen atoms in total. The summed E-state index contributed by atoms with van der Waals surface area (Å²) in [5.74, 6) is 1.32. The van der Waals surface area contributed by atoms with Gasteiger partial charge in [0.05, 0.1) is 18.8 Å². The maximum Gasteiger partial charge on any atom is 0.335 e. The largest absolute Gasteiger partial charge is 0.490 e. The molecule has 1 aliphatic rings. The Labute approximate surface area is 172 Å². The normalized spacial score (nSPS) is 16.5. The van der Waals surface area contributed by atoms with E-state index in [0.717, 1.165) is 29.3 Å². The highest BCUT2D eigenvalue weighted by molar-refractivity contribution is 5.75. The molecule has 0 bridgehead atoms. The molecule has 1 heterocycles. The van der Waals surface area contributed by atoms with Gasteiger partial charge in [-0.1, -0.05) is 24.3 Å². The first-order valence-electron chi connectivity index (χ1n) is 10.1. The van der Waals surface area contributed by atoms with E-state index < -0.39 is 6.10 Å². The van der Waals surface area contributed by atoms with Crippen molar-refractivity contribution in [3.05, 3.63) is 54.1 Å².